The molecule has 0 bridgehead atoms. The molecular weight excluding hydrogens is 458 g/mol. The summed E-state index contributed by atoms with van der Waals surface area (Å²) >= 11 is 0. The van der Waals surface area contributed by atoms with Crippen molar-refractivity contribution in [1.29, 1.82) is 0 Å². The second-order valence-electron chi connectivity index (χ2n) is 9.24. The SMILES string of the molecule is Cc1c(N)cncc1-c1cc2cc(Nc3cc4n(n3)CC(=O)N(C3CCOC3)CC4)ncc2c(N)n1. The zero-order valence-corrected chi connectivity index (χ0v) is 19.9. The number of carbonyl (C=O) groups is 1. The lowest BCUT2D eigenvalue weighted by Gasteiger charge is -2.26. The van der Waals surface area contributed by atoms with Gasteiger partial charge in [-0.05, 0) is 36.4 Å². The molecule has 2 aliphatic heterocycles. The average Bonchev–Trinajstić information content (AvgIpc) is 3.48. The Balaban J connectivity index is 1.26. The molecule has 4 aromatic heterocycles. The number of hydrogen-bond acceptors (Lipinski definition) is 9. The van der Waals surface area contributed by atoms with Crippen molar-refractivity contribution in [2.45, 2.75) is 32.4 Å². The lowest BCUT2D eigenvalue weighted by atomic mass is 10.0. The van der Waals surface area contributed by atoms with Gasteiger partial charge in [-0.3, -0.25) is 14.5 Å². The van der Waals surface area contributed by atoms with E-state index in [1.165, 1.54) is 0 Å². The van der Waals surface area contributed by atoms with Crippen LogP contribution in [-0.4, -0.2) is 61.3 Å². The Hall–Kier alpha value is -4.25. The fraction of sp³-hybridized carbons (Fsp3) is 0.320. The predicted octanol–water partition coefficient (Wildman–Crippen LogP) is 2.28. The van der Waals surface area contributed by atoms with Crippen LogP contribution in [0.25, 0.3) is 22.0 Å². The molecule has 5 N–H and O–H groups in total. The second kappa shape index (κ2) is 8.76. The highest BCUT2D eigenvalue weighted by atomic mass is 16.5. The second-order valence-corrected chi connectivity index (χ2v) is 9.24. The molecule has 0 radical (unpaired) electrons. The molecule has 4 aromatic rings. The van der Waals surface area contributed by atoms with Gasteiger partial charge in [0.25, 0.3) is 0 Å². The van der Waals surface area contributed by atoms with Crippen molar-refractivity contribution >= 4 is 39.8 Å². The number of aromatic nitrogens is 5. The van der Waals surface area contributed by atoms with Gasteiger partial charge >= 0.3 is 0 Å². The highest BCUT2D eigenvalue weighted by Gasteiger charge is 2.30. The predicted molar refractivity (Wildman–Crippen MR) is 136 cm³/mol. The first-order valence-electron chi connectivity index (χ1n) is 11.9. The molecule has 0 aromatic carbocycles. The van der Waals surface area contributed by atoms with Gasteiger partial charge in [-0.25, -0.2) is 9.97 Å². The molecular formula is C25H27N9O2. The number of amides is 1. The summed E-state index contributed by atoms with van der Waals surface area (Å²) in [5.41, 5.74) is 16.3. The molecule has 184 valence electrons. The van der Waals surface area contributed by atoms with Crippen LogP contribution >= 0.6 is 0 Å². The Morgan fingerprint density at radius 1 is 1.14 bits per heavy atom. The van der Waals surface area contributed by atoms with Gasteiger partial charge < -0.3 is 26.4 Å². The number of nitrogens with two attached hydrogens (primary N) is 2. The zero-order valence-electron chi connectivity index (χ0n) is 19.9. The number of hydrogen-bond donors (Lipinski definition) is 3. The van der Waals surface area contributed by atoms with Crippen LogP contribution in [0, 0.1) is 6.92 Å². The van der Waals surface area contributed by atoms with Crippen LogP contribution in [-0.2, 0) is 22.5 Å². The number of nitrogens with zero attached hydrogens (tertiary/aromatic N) is 6. The van der Waals surface area contributed by atoms with Crippen molar-refractivity contribution in [1.82, 2.24) is 29.6 Å². The molecule has 1 unspecified atom stereocenters. The molecule has 0 spiro atoms. The quantitative estimate of drug-likeness (QED) is 0.395. The Morgan fingerprint density at radius 2 is 2.03 bits per heavy atom. The number of ether oxygens (including phenoxy) is 1. The summed E-state index contributed by atoms with van der Waals surface area (Å²) < 4.78 is 7.25. The summed E-state index contributed by atoms with van der Waals surface area (Å²) in [5, 5.41) is 9.53. The van der Waals surface area contributed by atoms with Crippen molar-refractivity contribution in [3.05, 3.63) is 48.0 Å². The maximum Gasteiger partial charge on any atom is 0.244 e. The van der Waals surface area contributed by atoms with Crippen LogP contribution < -0.4 is 16.8 Å². The van der Waals surface area contributed by atoms with Gasteiger partial charge in [0.05, 0.1) is 30.2 Å². The third kappa shape index (κ3) is 3.97. The van der Waals surface area contributed by atoms with Crippen LogP contribution in [0.15, 0.2) is 36.8 Å². The monoisotopic (exact) mass is 485 g/mol. The molecule has 0 saturated carbocycles. The van der Waals surface area contributed by atoms with Crippen LogP contribution in [0.3, 0.4) is 0 Å². The largest absolute Gasteiger partial charge is 0.397 e. The fourth-order valence-electron chi connectivity index (χ4n) is 4.90. The van der Waals surface area contributed by atoms with E-state index in [0.717, 1.165) is 40.4 Å². The van der Waals surface area contributed by atoms with Crippen molar-refractivity contribution in [3.8, 4) is 11.3 Å². The van der Waals surface area contributed by atoms with E-state index in [9.17, 15) is 4.79 Å². The molecule has 2 aliphatic rings. The number of nitrogens with one attached hydrogen (secondary N) is 1. The minimum atomic E-state index is 0.0737. The number of pyridine rings is 3. The third-order valence-corrected chi connectivity index (χ3v) is 6.96. The van der Waals surface area contributed by atoms with Crippen LogP contribution in [0.5, 0.6) is 0 Å². The lowest BCUT2D eigenvalue weighted by molar-refractivity contribution is -0.133. The average molecular weight is 486 g/mol. The Labute approximate surface area is 207 Å². The lowest BCUT2D eigenvalue weighted by Crippen LogP contribution is -2.42. The van der Waals surface area contributed by atoms with E-state index in [1.54, 1.807) is 23.3 Å². The molecule has 1 saturated heterocycles. The summed E-state index contributed by atoms with van der Waals surface area (Å²) in [6, 6.07) is 6.00. The molecule has 6 rings (SSSR count). The van der Waals surface area contributed by atoms with Gasteiger partial charge in [-0.1, -0.05) is 0 Å². The Kier molecular flexibility index (Phi) is 5.41. The highest BCUT2D eigenvalue weighted by Crippen LogP contribution is 2.31. The van der Waals surface area contributed by atoms with E-state index in [4.69, 9.17) is 16.2 Å². The molecule has 0 aliphatic carbocycles. The molecule has 6 heterocycles. The number of rotatable bonds is 4. The van der Waals surface area contributed by atoms with E-state index in [2.05, 4.69) is 25.4 Å². The molecule has 36 heavy (non-hydrogen) atoms. The topological polar surface area (TPSA) is 150 Å². The van der Waals surface area contributed by atoms with E-state index in [-0.39, 0.29) is 18.5 Å². The summed E-state index contributed by atoms with van der Waals surface area (Å²) in [4.78, 5) is 28.0. The maximum absolute atomic E-state index is 12.9. The minimum Gasteiger partial charge on any atom is -0.397 e. The Morgan fingerprint density at radius 3 is 2.86 bits per heavy atom. The van der Waals surface area contributed by atoms with E-state index < -0.39 is 0 Å². The third-order valence-electron chi connectivity index (χ3n) is 6.96. The van der Waals surface area contributed by atoms with Crippen molar-refractivity contribution in [3.63, 3.8) is 0 Å². The molecule has 11 nitrogen and oxygen atoms in total. The number of nitrogen functional groups attached to an aromatic ring is 2. The van der Waals surface area contributed by atoms with Crippen LogP contribution in [0.2, 0.25) is 0 Å². The fourth-order valence-corrected chi connectivity index (χ4v) is 4.90. The summed E-state index contributed by atoms with van der Waals surface area (Å²) in [6.45, 7) is 4.15. The first-order chi connectivity index (χ1) is 17.5. The van der Waals surface area contributed by atoms with E-state index >= 15 is 0 Å². The molecule has 11 heteroatoms. The smallest absolute Gasteiger partial charge is 0.244 e. The van der Waals surface area contributed by atoms with Crippen molar-refractivity contribution in [2.75, 3.05) is 36.5 Å². The minimum absolute atomic E-state index is 0.0737. The summed E-state index contributed by atoms with van der Waals surface area (Å²) in [7, 11) is 0. The number of carbonyl (C=O) groups excluding carboxylic acids is 1. The molecule has 1 fully saturated rings. The summed E-state index contributed by atoms with van der Waals surface area (Å²) in [5.74, 6) is 1.71. The number of anilines is 4. The summed E-state index contributed by atoms with van der Waals surface area (Å²) in [6.07, 6.45) is 6.68. The first kappa shape index (κ1) is 22.2. The molecule has 1 atom stereocenters. The van der Waals surface area contributed by atoms with E-state index in [0.29, 0.717) is 48.6 Å². The van der Waals surface area contributed by atoms with Gasteiger partial charge in [0.2, 0.25) is 5.91 Å². The Bertz CT molecular complexity index is 1480. The molecule has 1 amide bonds. The van der Waals surface area contributed by atoms with E-state index in [1.807, 2.05) is 30.0 Å². The van der Waals surface area contributed by atoms with Crippen molar-refractivity contribution in [2.24, 2.45) is 0 Å². The van der Waals surface area contributed by atoms with Gasteiger partial charge in [-0.2, -0.15) is 5.10 Å². The maximum atomic E-state index is 12.9. The van der Waals surface area contributed by atoms with Gasteiger partial charge in [-0.15, -0.1) is 0 Å². The van der Waals surface area contributed by atoms with Gasteiger partial charge in [0.15, 0.2) is 5.82 Å². The first-order valence-corrected chi connectivity index (χ1v) is 11.9. The number of fused-ring (bicyclic) bond motifs is 2. The van der Waals surface area contributed by atoms with Crippen LogP contribution in [0.4, 0.5) is 23.1 Å². The van der Waals surface area contributed by atoms with Crippen LogP contribution in [0.1, 0.15) is 17.7 Å². The van der Waals surface area contributed by atoms with Crippen molar-refractivity contribution < 1.29 is 9.53 Å². The van der Waals surface area contributed by atoms with Gasteiger partial charge in [0, 0.05) is 54.7 Å². The van der Waals surface area contributed by atoms with Gasteiger partial charge in [0.1, 0.15) is 18.2 Å². The zero-order chi connectivity index (χ0) is 24.8. The standard InChI is InChI=1S/C25H27N9O2/c1-14-18(9-28-11-20(14)26)21-6-15-7-22(29-10-19(15)25(27)30-21)31-23-8-16-2-4-33(17-3-5-36-13-17)24(35)12-34(16)32-23/h6-11,17H,2-5,12-13,26H2,1H3,(H2,27,30)(H,29,31,32). The normalized spacial score (nSPS) is 17.9. The highest BCUT2D eigenvalue weighted by molar-refractivity contribution is 5.95.